The van der Waals surface area contributed by atoms with Gasteiger partial charge in [-0.3, -0.25) is 0 Å². The average molecular weight is 494 g/mol. The minimum atomic E-state index is -4.30. The van der Waals surface area contributed by atoms with Crippen molar-refractivity contribution in [1.29, 1.82) is 0 Å². The molecule has 2 atom stereocenters. The normalized spacial score (nSPS) is 16.1. The van der Waals surface area contributed by atoms with Crippen molar-refractivity contribution in [3.8, 4) is 0 Å². The molecular weight excluding hydrogens is 460 g/mol. The molecule has 0 spiro atoms. The first-order chi connectivity index (χ1) is 14.3. The number of alkyl halides is 8. The molecule has 32 heavy (non-hydrogen) atoms. The molecule has 0 radical (unpaired) electrons. The van der Waals surface area contributed by atoms with E-state index in [-0.39, 0.29) is 22.1 Å². The van der Waals surface area contributed by atoms with E-state index in [2.05, 4.69) is 9.47 Å². The first kappa shape index (κ1) is 31.2. The molecule has 0 aliphatic heterocycles. The molecule has 14 heteroatoms. The van der Waals surface area contributed by atoms with E-state index >= 15 is 0 Å². The molecular formula is C18H34F8N2O4+2. The van der Waals surface area contributed by atoms with Crippen LogP contribution in [0.3, 0.4) is 0 Å². The third-order valence-corrected chi connectivity index (χ3v) is 4.57. The van der Waals surface area contributed by atoms with Gasteiger partial charge in [0.05, 0.1) is 41.4 Å². The molecule has 0 saturated carbocycles. The first-order valence-corrected chi connectivity index (χ1v) is 9.77. The lowest BCUT2D eigenvalue weighted by Crippen LogP contribution is -2.55. The summed E-state index contributed by atoms with van der Waals surface area (Å²) in [7, 11) is 6.90. The van der Waals surface area contributed by atoms with E-state index in [1.54, 1.807) is 28.2 Å². The lowest BCUT2D eigenvalue weighted by molar-refractivity contribution is -0.948. The maximum absolute atomic E-state index is 12.8. The van der Waals surface area contributed by atoms with Crippen molar-refractivity contribution in [2.45, 2.75) is 36.9 Å². The first-order valence-electron chi connectivity index (χ1n) is 9.77. The second-order valence-electron chi connectivity index (χ2n) is 9.15. The highest BCUT2D eigenvalue weighted by atomic mass is 19.3. The number of ether oxygens (including phenoxy) is 2. The second kappa shape index (κ2) is 12.6. The van der Waals surface area contributed by atoms with Gasteiger partial charge in [0.25, 0.3) is 0 Å². The molecule has 0 aliphatic rings. The molecule has 0 saturated heterocycles. The molecule has 0 aliphatic carbocycles. The Kier molecular flexibility index (Phi) is 12.3. The fourth-order valence-corrected chi connectivity index (χ4v) is 2.76. The van der Waals surface area contributed by atoms with Crippen LogP contribution in [-0.4, -0.2) is 137 Å². The molecule has 0 bridgehead atoms. The van der Waals surface area contributed by atoms with Gasteiger partial charge in [0.1, 0.15) is 51.6 Å². The van der Waals surface area contributed by atoms with E-state index in [1.807, 2.05) is 0 Å². The molecule has 0 aromatic carbocycles. The van der Waals surface area contributed by atoms with E-state index in [9.17, 15) is 45.3 Å². The molecule has 2 N–H and O–H groups in total. The van der Waals surface area contributed by atoms with Crippen molar-refractivity contribution in [1.82, 2.24) is 0 Å². The Labute approximate surface area is 182 Å². The summed E-state index contributed by atoms with van der Waals surface area (Å²) in [5, 5.41) is 19.9. The summed E-state index contributed by atoms with van der Waals surface area (Å²) in [5.41, 5.74) is 0. The van der Waals surface area contributed by atoms with Crippen LogP contribution < -0.4 is 0 Å². The topological polar surface area (TPSA) is 58.9 Å². The van der Waals surface area contributed by atoms with Crippen LogP contribution in [0.2, 0.25) is 0 Å². The fourth-order valence-electron chi connectivity index (χ4n) is 2.76. The Balaban J connectivity index is 4.39. The van der Waals surface area contributed by atoms with E-state index < -0.39 is 63.3 Å². The molecule has 0 aromatic heterocycles. The highest BCUT2D eigenvalue weighted by Crippen LogP contribution is 2.23. The second-order valence-corrected chi connectivity index (χ2v) is 9.15. The molecule has 0 heterocycles. The standard InChI is InChI=1S/C18H34F8N2O4/c1-27(2,7-13(29)9-31-11-17(23,24)15(19)20)5-6-28(3,4)8-14(30)10-32-12-18(25,26)16(21)22/h13-16,29-30H,5-12H2,1-4H3/q+2. The minimum absolute atomic E-state index is 0.0641. The fraction of sp³-hybridized carbons (Fsp3) is 1.00. The number of aliphatic hydroxyl groups excluding tert-OH is 2. The molecule has 2 unspecified atom stereocenters. The van der Waals surface area contributed by atoms with Crippen molar-refractivity contribution in [3.05, 3.63) is 0 Å². The van der Waals surface area contributed by atoms with Gasteiger partial charge in [-0.2, -0.15) is 17.6 Å². The number of hydrogen-bond donors (Lipinski definition) is 2. The number of hydrogen-bond acceptors (Lipinski definition) is 4. The van der Waals surface area contributed by atoms with Crippen LogP contribution in [-0.2, 0) is 9.47 Å². The maximum atomic E-state index is 12.8. The van der Waals surface area contributed by atoms with Crippen LogP contribution in [0.4, 0.5) is 35.1 Å². The summed E-state index contributed by atoms with van der Waals surface area (Å²) >= 11 is 0. The third-order valence-electron chi connectivity index (χ3n) is 4.57. The molecule has 0 fully saturated rings. The van der Waals surface area contributed by atoms with Gasteiger partial charge in [-0.1, -0.05) is 0 Å². The smallest absolute Gasteiger partial charge is 0.330 e. The predicted octanol–water partition coefficient (Wildman–Crippen LogP) is 1.70. The number of likely N-dealkylation sites (N-methyl/N-ethyl adjacent to an activating group) is 2. The van der Waals surface area contributed by atoms with Crippen LogP contribution in [0.15, 0.2) is 0 Å². The molecule has 194 valence electrons. The Morgan fingerprint density at radius 2 is 0.938 bits per heavy atom. The summed E-state index contributed by atoms with van der Waals surface area (Å²) in [5.74, 6) is -8.60. The molecule has 0 amide bonds. The summed E-state index contributed by atoms with van der Waals surface area (Å²) < 4.78 is 109. The van der Waals surface area contributed by atoms with Gasteiger partial charge < -0.3 is 28.7 Å². The summed E-state index contributed by atoms with van der Waals surface area (Å²) in [6, 6.07) is 0. The highest BCUT2D eigenvalue weighted by molar-refractivity contribution is 4.69. The van der Waals surface area contributed by atoms with Crippen LogP contribution in [0.1, 0.15) is 0 Å². The van der Waals surface area contributed by atoms with Crippen molar-refractivity contribution in [3.63, 3.8) is 0 Å². The largest absolute Gasteiger partial charge is 0.385 e. The van der Waals surface area contributed by atoms with Gasteiger partial charge in [-0.15, -0.1) is 0 Å². The quantitative estimate of drug-likeness (QED) is 0.239. The van der Waals surface area contributed by atoms with Crippen molar-refractivity contribution < 1.29 is 63.8 Å². The van der Waals surface area contributed by atoms with Gasteiger partial charge in [0.2, 0.25) is 0 Å². The molecule has 6 nitrogen and oxygen atoms in total. The lowest BCUT2D eigenvalue weighted by atomic mass is 10.2. The average Bonchev–Trinajstić information content (AvgIpc) is 2.58. The van der Waals surface area contributed by atoms with Gasteiger partial charge in [-0.25, -0.2) is 17.6 Å². The predicted molar refractivity (Wildman–Crippen MR) is 99.2 cm³/mol. The third kappa shape index (κ3) is 13.0. The Morgan fingerprint density at radius 3 is 1.19 bits per heavy atom. The lowest BCUT2D eigenvalue weighted by Gasteiger charge is -2.37. The van der Waals surface area contributed by atoms with Gasteiger partial charge in [0, 0.05) is 0 Å². The van der Waals surface area contributed by atoms with Crippen molar-refractivity contribution in [2.24, 2.45) is 0 Å². The van der Waals surface area contributed by atoms with E-state index in [4.69, 9.17) is 0 Å². The zero-order chi connectivity index (χ0) is 25.4. The van der Waals surface area contributed by atoms with E-state index in [0.29, 0.717) is 13.1 Å². The van der Waals surface area contributed by atoms with Gasteiger partial charge >= 0.3 is 24.7 Å². The number of nitrogens with zero attached hydrogens (tertiary/aromatic N) is 2. The Bertz CT molecular complexity index is 493. The highest BCUT2D eigenvalue weighted by Gasteiger charge is 2.42. The van der Waals surface area contributed by atoms with E-state index in [1.165, 1.54) is 0 Å². The monoisotopic (exact) mass is 494 g/mol. The number of rotatable bonds is 17. The Hall–Kier alpha value is -0.800. The van der Waals surface area contributed by atoms with Crippen LogP contribution in [0.25, 0.3) is 0 Å². The van der Waals surface area contributed by atoms with Crippen molar-refractivity contribution in [2.75, 3.05) is 80.8 Å². The van der Waals surface area contributed by atoms with Gasteiger partial charge in [-0.05, 0) is 0 Å². The van der Waals surface area contributed by atoms with Gasteiger partial charge in [0.15, 0.2) is 0 Å². The number of quaternary nitrogens is 2. The van der Waals surface area contributed by atoms with Crippen LogP contribution in [0, 0.1) is 0 Å². The van der Waals surface area contributed by atoms with E-state index in [0.717, 1.165) is 0 Å². The number of halogens is 8. The Morgan fingerprint density at radius 1 is 0.656 bits per heavy atom. The van der Waals surface area contributed by atoms with Crippen molar-refractivity contribution >= 4 is 0 Å². The zero-order valence-electron chi connectivity index (χ0n) is 18.6. The minimum Gasteiger partial charge on any atom is -0.385 e. The SMILES string of the molecule is C[N+](C)(CC[N+](C)(C)CC(O)COCC(F)(F)C(F)F)CC(O)COCC(F)(F)C(F)F. The summed E-state index contributed by atoms with van der Waals surface area (Å²) in [6.07, 6.45) is -10.1. The molecule has 0 rings (SSSR count). The number of aliphatic hydroxyl groups is 2. The zero-order valence-corrected chi connectivity index (χ0v) is 18.6. The van der Waals surface area contributed by atoms with Crippen LogP contribution in [0.5, 0.6) is 0 Å². The van der Waals surface area contributed by atoms with Crippen LogP contribution >= 0.6 is 0 Å². The summed E-state index contributed by atoms with van der Waals surface area (Å²) in [6.45, 7) is -3.15. The summed E-state index contributed by atoms with van der Waals surface area (Å²) in [4.78, 5) is 0. The molecule has 0 aromatic rings. The maximum Gasteiger partial charge on any atom is 0.330 e.